The molecule has 0 unspecified atom stereocenters. The maximum Gasteiger partial charge on any atom is 0.328 e. The minimum atomic E-state index is -4.38. The average Bonchev–Trinajstić information content (AvgIpc) is 3.01. The third kappa shape index (κ3) is 3.89. The van der Waals surface area contributed by atoms with Crippen LogP contribution in [0.3, 0.4) is 0 Å². The van der Waals surface area contributed by atoms with E-state index in [1.807, 2.05) is 42.5 Å². The largest absolute Gasteiger partial charge is 0.496 e. The standard InChI is InChI=1S/C19H18O6S/c1-13-15(10-19(25-13)26(20,21)22)12-24-16-8-9-17(18(11-16)23-2)14-6-4-3-5-7-14/h3-11H,12H2,1-2H3,(H,20,21,22). The fourth-order valence-electron chi connectivity index (χ4n) is 2.54. The van der Waals surface area contributed by atoms with Gasteiger partial charge in [0, 0.05) is 23.3 Å². The Morgan fingerprint density at radius 2 is 1.81 bits per heavy atom. The van der Waals surface area contributed by atoms with Gasteiger partial charge in [-0.15, -0.1) is 0 Å². The first kappa shape index (κ1) is 18.0. The monoisotopic (exact) mass is 374 g/mol. The predicted octanol–water partition coefficient (Wildman–Crippen LogP) is 4.09. The van der Waals surface area contributed by atoms with Crippen LogP contribution in [0.15, 0.2) is 64.1 Å². The summed E-state index contributed by atoms with van der Waals surface area (Å²) in [7, 11) is -2.79. The zero-order valence-corrected chi connectivity index (χ0v) is 15.1. The summed E-state index contributed by atoms with van der Waals surface area (Å²) < 4.78 is 47.5. The third-order valence-corrected chi connectivity index (χ3v) is 4.61. The van der Waals surface area contributed by atoms with Crippen LogP contribution in [0, 0.1) is 6.92 Å². The number of benzene rings is 2. The fourth-order valence-corrected chi connectivity index (χ4v) is 3.06. The van der Waals surface area contributed by atoms with E-state index in [0.29, 0.717) is 22.8 Å². The molecule has 0 bridgehead atoms. The summed E-state index contributed by atoms with van der Waals surface area (Å²) in [6.07, 6.45) is 0. The molecule has 136 valence electrons. The van der Waals surface area contributed by atoms with E-state index in [1.54, 1.807) is 20.1 Å². The lowest BCUT2D eigenvalue weighted by molar-refractivity contribution is 0.300. The van der Waals surface area contributed by atoms with E-state index in [4.69, 9.17) is 18.4 Å². The Balaban J connectivity index is 1.80. The molecule has 0 saturated carbocycles. The molecular weight excluding hydrogens is 356 g/mol. The summed E-state index contributed by atoms with van der Waals surface area (Å²) in [5.74, 6) is 1.59. The van der Waals surface area contributed by atoms with Gasteiger partial charge in [-0.1, -0.05) is 30.3 Å². The molecule has 0 saturated heterocycles. The molecule has 26 heavy (non-hydrogen) atoms. The van der Waals surface area contributed by atoms with Gasteiger partial charge in [-0.25, -0.2) is 0 Å². The molecule has 0 aliphatic carbocycles. The molecule has 0 fully saturated rings. The second-order valence-electron chi connectivity index (χ2n) is 5.64. The van der Waals surface area contributed by atoms with Gasteiger partial charge in [0.15, 0.2) is 0 Å². The lowest BCUT2D eigenvalue weighted by atomic mass is 10.0. The van der Waals surface area contributed by atoms with E-state index < -0.39 is 15.2 Å². The Morgan fingerprint density at radius 3 is 2.42 bits per heavy atom. The zero-order valence-electron chi connectivity index (χ0n) is 14.3. The first-order valence-corrected chi connectivity index (χ1v) is 9.25. The van der Waals surface area contributed by atoms with Gasteiger partial charge in [0.05, 0.1) is 7.11 Å². The van der Waals surface area contributed by atoms with Crippen molar-refractivity contribution in [2.75, 3.05) is 7.11 Å². The van der Waals surface area contributed by atoms with Crippen molar-refractivity contribution < 1.29 is 26.9 Å². The highest BCUT2D eigenvalue weighted by atomic mass is 32.2. The molecule has 0 atom stereocenters. The van der Waals surface area contributed by atoms with E-state index in [0.717, 1.165) is 11.1 Å². The Bertz CT molecular complexity index is 1010. The molecule has 0 amide bonds. The van der Waals surface area contributed by atoms with Crippen LogP contribution >= 0.6 is 0 Å². The van der Waals surface area contributed by atoms with Crippen LogP contribution in [0.4, 0.5) is 0 Å². The molecule has 3 aromatic rings. The summed E-state index contributed by atoms with van der Waals surface area (Å²) in [6.45, 7) is 1.70. The highest BCUT2D eigenvalue weighted by Gasteiger charge is 2.18. The number of rotatable bonds is 6. The average molecular weight is 374 g/mol. The lowest BCUT2D eigenvalue weighted by Gasteiger charge is -2.12. The smallest absolute Gasteiger partial charge is 0.328 e. The number of furan rings is 1. The predicted molar refractivity (Wildman–Crippen MR) is 96.0 cm³/mol. The van der Waals surface area contributed by atoms with Crippen molar-refractivity contribution >= 4 is 10.1 Å². The lowest BCUT2D eigenvalue weighted by Crippen LogP contribution is -1.97. The second kappa shape index (κ2) is 7.23. The van der Waals surface area contributed by atoms with E-state index in [-0.39, 0.29) is 6.61 Å². The number of aryl methyl sites for hydroxylation is 1. The number of hydrogen-bond acceptors (Lipinski definition) is 5. The molecule has 0 aliphatic heterocycles. The van der Waals surface area contributed by atoms with Gasteiger partial charge in [-0.05, 0) is 24.6 Å². The van der Waals surface area contributed by atoms with Crippen molar-refractivity contribution in [1.29, 1.82) is 0 Å². The second-order valence-corrected chi connectivity index (χ2v) is 6.99. The van der Waals surface area contributed by atoms with Crippen LogP contribution in [-0.4, -0.2) is 20.1 Å². The highest BCUT2D eigenvalue weighted by Crippen LogP contribution is 2.33. The van der Waals surface area contributed by atoms with E-state index >= 15 is 0 Å². The van der Waals surface area contributed by atoms with Gasteiger partial charge in [0.2, 0.25) is 5.09 Å². The number of ether oxygens (including phenoxy) is 2. The minimum absolute atomic E-state index is 0.0959. The Hall–Kier alpha value is -2.77. The molecule has 1 aromatic heterocycles. The van der Waals surface area contributed by atoms with Crippen molar-refractivity contribution in [2.24, 2.45) is 0 Å². The summed E-state index contributed by atoms with van der Waals surface area (Å²) >= 11 is 0. The van der Waals surface area contributed by atoms with Crippen molar-refractivity contribution in [2.45, 2.75) is 18.6 Å². The van der Waals surface area contributed by atoms with Crippen LogP contribution < -0.4 is 9.47 Å². The summed E-state index contributed by atoms with van der Waals surface area (Å²) in [5.41, 5.74) is 2.50. The maximum atomic E-state index is 11.1. The SMILES string of the molecule is COc1cc(OCc2cc(S(=O)(=O)O)oc2C)ccc1-c1ccccc1. The first-order chi connectivity index (χ1) is 12.4. The van der Waals surface area contributed by atoms with E-state index in [2.05, 4.69) is 0 Å². The van der Waals surface area contributed by atoms with Crippen molar-refractivity contribution in [3.05, 3.63) is 65.9 Å². The third-order valence-electron chi connectivity index (χ3n) is 3.90. The molecule has 1 heterocycles. The van der Waals surface area contributed by atoms with Gasteiger partial charge >= 0.3 is 10.1 Å². The van der Waals surface area contributed by atoms with Crippen molar-refractivity contribution in [3.8, 4) is 22.6 Å². The van der Waals surface area contributed by atoms with Crippen LogP contribution in [0.25, 0.3) is 11.1 Å². The Kier molecular flexibility index (Phi) is 5.01. The van der Waals surface area contributed by atoms with Gasteiger partial charge in [0.1, 0.15) is 23.9 Å². The molecule has 0 spiro atoms. The topological polar surface area (TPSA) is 86.0 Å². The van der Waals surface area contributed by atoms with Gasteiger partial charge in [0.25, 0.3) is 0 Å². The summed E-state index contributed by atoms with van der Waals surface area (Å²) in [6, 6.07) is 16.6. The number of hydrogen-bond donors (Lipinski definition) is 1. The quantitative estimate of drug-likeness (QED) is 0.654. The van der Waals surface area contributed by atoms with Crippen molar-refractivity contribution in [3.63, 3.8) is 0 Å². The zero-order chi connectivity index (χ0) is 18.7. The molecule has 6 nitrogen and oxygen atoms in total. The van der Waals surface area contributed by atoms with E-state index in [9.17, 15) is 8.42 Å². The Morgan fingerprint density at radius 1 is 1.08 bits per heavy atom. The first-order valence-electron chi connectivity index (χ1n) is 7.81. The molecule has 7 heteroatoms. The van der Waals surface area contributed by atoms with Gasteiger partial charge in [-0.3, -0.25) is 4.55 Å². The summed E-state index contributed by atoms with van der Waals surface area (Å²) in [4.78, 5) is 0. The fraction of sp³-hybridized carbons (Fsp3) is 0.158. The maximum absolute atomic E-state index is 11.1. The Labute approximate surface area is 151 Å². The number of methoxy groups -OCH3 is 1. The van der Waals surface area contributed by atoms with Crippen molar-refractivity contribution in [1.82, 2.24) is 0 Å². The van der Waals surface area contributed by atoms with Gasteiger partial charge in [-0.2, -0.15) is 8.42 Å². The van der Waals surface area contributed by atoms with Crippen LogP contribution in [0.5, 0.6) is 11.5 Å². The molecule has 0 radical (unpaired) electrons. The summed E-state index contributed by atoms with van der Waals surface area (Å²) in [5, 5.41) is -0.495. The molecular formula is C19H18O6S. The van der Waals surface area contributed by atoms with Gasteiger partial charge < -0.3 is 13.9 Å². The molecule has 1 N–H and O–H groups in total. The molecule has 2 aromatic carbocycles. The normalized spacial score (nSPS) is 11.3. The van der Waals surface area contributed by atoms with E-state index in [1.165, 1.54) is 6.07 Å². The van der Waals surface area contributed by atoms with Crippen LogP contribution in [0.1, 0.15) is 11.3 Å². The highest BCUT2D eigenvalue weighted by molar-refractivity contribution is 7.85. The minimum Gasteiger partial charge on any atom is -0.496 e. The molecule has 3 rings (SSSR count). The van der Waals surface area contributed by atoms with Crippen LogP contribution in [-0.2, 0) is 16.7 Å². The molecule has 0 aliphatic rings. The van der Waals surface area contributed by atoms with Crippen LogP contribution in [0.2, 0.25) is 0 Å².